The minimum atomic E-state index is -0.349. The number of carbonyl (C=O) groups is 1. The topological polar surface area (TPSA) is 66.0 Å². The third kappa shape index (κ3) is 3.85. The highest BCUT2D eigenvalue weighted by molar-refractivity contribution is 6.13. The molecule has 1 saturated heterocycles. The largest absolute Gasteiger partial charge is 0.381 e. The summed E-state index contributed by atoms with van der Waals surface area (Å²) in [6, 6.07) is 14.2. The lowest BCUT2D eigenvalue weighted by molar-refractivity contribution is 0.0776. The number of amidine groups is 1. The Morgan fingerprint density at radius 3 is 2.66 bits per heavy atom. The molecule has 0 saturated carbocycles. The van der Waals surface area contributed by atoms with Gasteiger partial charge >= 0.3 is 0 Å². The van der Waals surface area contributed by atoms with Crippen LogP contribution in [0.15, 0.2) is 47.5 Å². The van der Waals surface area contributed by atoms with Gasteiger partial charge in [0.1, 0.15) is 5.84 Å². The van der Waals surface area contributed by atoms with E-state index < -0.39 is 0 Å². The summed E-state index contributed by atoms with van der Waals surface area (Å²) in [5.74, 6) is 0.905. The van der Waals surface area contributed by atoms with Gasteiger partial charge in [0.2, 0.25) is 0 Å². The summed E-state index contributed by atoms with van der Waals surface area (Å²) in [6.45, 7) is 4.03. The fourth-order valence-corrected chi connectivity index (χ4v) is 4.01. The first-order valence-corrected chi connectivity index (χ1v) is 10.1. The zero-order valence-electron chi connectivity index (χ0n) is 17.3. The number of para-hydroxylation sites is 1. The molecule has 2 N–H and O–H groups in total. The summed E-state index contributed by atoms with van der Waals surface area (Å²) in [7, 11) is 3.55. The first kappa shape index (κ1) is 19.5. The lowest BCUT2D eigenvalue weighted by Gasteiger charge is -2.44. The highest BCUT2D eigenvalue weighted by Gasteiger charge is 2.42. The minimum absolute atomic E-state index is 0.0153. The third-order valence-corrected chi connectivity index (χ3v) is 5.62. The number of hydrogen-bond donors (Lipinski definition) is 2. The Morgan fingerprint density at radius 2 is 1.93 bits per heavy atom. The van der Waals surface area contributed by atoms with Gasteiger partial charge in [-0.1, -0.05) is 35.9 Å². The van der Waals surface area contributed by atoms with Gasteiger partial charge in [-0.05, 0) is 24.6 Å². The Labute approximate surface area is 172 Å². The van der Waals surface area contributed by atoms with Crippen molar-refractivity contribution < 1.29 is 9.53 Å². The number of rotatable bonds is 3. The van der Waals surface area contributed by atoms with Crippen LogP contribution in [0.3, 0.4) is 0 Å². The number of benzene rings is 2. The molecular formula is C23H28N4O2. The van der Waals surface area contributed by atoms with E-state index >= 15 is 0 Å². The molecular weight excluding hydrogens is 364 g/mol. The van der Waals surface area contributed by atoms with Crippen LogP contribution < -0.4 is 10.6 Å². The molecule has 2 aromatic rings. The molecule has 2 aromatic carbocycles. The number of nitrogens with one attached hydrogen (secondary N) is 2. The average molecular weight is 393 g/mol. The number of hydrogen-bond acceptors (Lipinski definition) is 4. The number of aliphatic imine (C=N–C) groups is 1. The number of nitrogens with zero attached hydrogens (tertiary/aromatic N) is 2. The number of ether oxygens (including phenoxy) is 1. The summed E-state index contributed by atoms with van der Waals surface area (Å²) >= 11 is 0. The molecule has 0 unspecified atom stereocenters. The van der Waals surface area contributed by atoms with E-state index in [0.717, 1.165) is 30.1 Å². The van der Waals surface area contributed by atoms with Gasteiger partial charge in [0.25, 0.3) is 5.91 Å². The van der Waals surface area contributed by atoms with Crippen molar-refractivity contribution in [2.24, 2.45) is 4.99 Å². The molecule has 6 heteroatoms. The van der Waals surface area contributed by atoms with Crippen molar-refractivity contribution in [3.05, 3.63) is 59.2 Å². The highest BCUT2D eigenvalue weighted by Crippen LogP contribution is 2.39. The van der Waals surface area contributed by atoms with Crippen molar-refractivity contribution in [2.75, 3.05) is 37.9 Å². The molecule has 2 heterocycles. The Morgan fingerprint density at radius 1 is 1.17 bits per heavy atom. The molecule has 2 aliphatic heterocycles. The van der Waals surface area contributed by atoms with Crippen molar-refractivity contribution in [3.8, 4) is 0 Å². The monoisotopic (exact) mass is 392 g/mol. The van der Waals surface area contributed by atoms with Gasteiger partial charge in [0.05, 0.1) is 29.0 Å². The fraction of sp³-hybridized carbons (Fsp3) is 0.391. The minimum Gasteiger partial charge on any atom is -0.381 e. The lowest BCUT2D eigenvalue weighted by Crippen LogP contribution is -2.56. The Kier molecular flexibility index (Phi) is 5.28. The second-order valence-electron chi connectivity index (χ2n) is 8.03. The second-order valence-corrected chi connectivity index (χ2v) is 8.03. The summed E-state index contributed by atoms with van der Waals surface area (Å²) in [4.78, 5) is 19.3. The van der Waals surface area contributed by atoms with Crippen molar-refractivity contribution >= 4 is 23.1 Å². The van der Waals surface area contributed by atoms with Gasteiger partial charge in [-0.2, -0.15) is 0 Å². The van der Waals surface area contributed by atoms with Gasteiger partial charge < -0.3 is 20.3 Å². The van der Waals surface area contributed by atoms with Crippen molar-refractivity contribution in [1.82, 2.24) is 4.90 Å². The van der Waals surface area contributed by atoms with Crippen LogP contribution in [-0.4, -0.2) is 49.5 Å². The molecule has 1 spiro atoms. The van der Waals surface area contributed by atoms with Gasteiger partial charge in [0, 0.05) is 40.2 Å². The Balaban J connectivity index is 1.72. The van der Waals surface area contributed by atoms with E-state index in [4.69, 9.17) is 9.73 Å². The number of carbonyl (C=O) groups excluding carboxylic acids is 1. The van der Waals surface area contributed by atoms with Gasteiger partial charge in [-0.25, -0.2) is 0 Å². The molecule has 0 radical (unpaired) electrons. The van der Waals surface area contributed by atoms with Gasteiger partial charge in [-0.15, -0.1) is 0 Å². The van der Waals surface area contributed by atoms with Crippen LogP contribution in [0.5, 0.6) is 0 Å². The summed E-state index contributed by atoms with van der Waals surface area (Å²) in [5.41, 5.74) is 4.47. The number of aryl methyl sites for hydroxylation is 1. The smallest absolute Gasteiger partial charge is 0.255 e. The van der Waals surface area contributed by atoms with E-state index in [2.05, 4.69) is 41.8 Å². The maximum Gasteiger partial charge on any atom is 0.255 e. The Hall–Kier alpha value is -2.86. The quantitative estimate of drug-likeness (QED) is 0.836. The van der Waals surface area contributed by atoms with E-state index in [0.29, 0.717) is 25.3 Å². The maximum atomic E-state index is 12.7. The molecule has 0 aliphatic carbocycles. The SMILES string of the molecule is Cc1cccc(CN=C2Nc3cccc(C(=O)N(C)C)c3NC23CCOCC3)c1. The molecule has 0 atom stereocenters. The fourth-order valence-electron chi connectivity index (χ4n) is 4.01. The number of fused-ring (bicyclic) bond motifs is 1. The molecule has 6 nitrogen and oxygen atoms in total. The van der Waals surface area contributed by atoms with E-state index in [9.17, 15) is 4.79 Å². The van der Waals surface area contributed by atoms with Crippen LogP contribution in [0, 0.1) is 6.92 Å². The predicted octanol–water partition coefficient (Wildman–Crippen LogP) is 3.68. The van der Waals surface area contributed by atoms with E-state index in [1.165, 1.54) is 11.1 Å². The van der Waals surface area contributed by atoms with Crippen LogP contribution in [0.4, 0.5) is 11.4 Å². The van der Waals surface area contributed by atoms with E-state index in [1.54, 1.807) is 19.0 Å². The van der Waals surface area contributed by atoms with Crippen LogP contribution in [0.25, 0.3) is 0 Å². The van der Waals surface area contributed by atoms with Gasteiger partial charge in [0.15, 0.2) is 0 Å². The molecule has 0 bridgehead atoms. The second kappa shape index (κ2) is 7.87. The van der Waals surface area contributed by atoms with Crippen molar-refractivity contribution in [3.63, 3.8) is 0 Å². The van der Waals surface area contributed by atoms with Gasteiger partial charge in [-0.3, -0.25) is 9.79 Å². The van der Waals surface area contributed by atoms with Crippen LogP contribution in [0.2, 0.25) is 0 Å². The highest BCUT2D eigenvalue weighted by atomic mass is 16.5. The van der Waals surface area contributed by atoms with E-state index in [1.807, 2.05) is 18.2 Å². The molecule has 0 aromatic heterocycles. The zero-order chi connectivity index (χ0) is 20.4. The Bertz CT molecular complexity index is 946. The summed E-state index contributed by atoms with van der Waals surface area (Å²) < 4.78 is 5.63. The van der Waals surface area contributed by atoms with Crippen LogP contribution >= 0.6 is 0 Å². The predicted molar refractivity (Wildman–Crippen MR) is 117 cm³/mol. The molecule has 2 aliphatic rings. The molecule has 1 amide bonds. The lowest BCUT2D eigenvalue weighted by atomic mass is 9.85. The van der Waals surface area contributed by atoms with E-state index in [-0.39, 0.29) is 11.4 Å². The normalized spacial score (nSPS) is 18.7. The third-order valence-electron chi connectivity index (χ3n) is 5.62. The van der Waals surface area contributed by atoms with Crippen LogP contribution in [0.1, 0.15) is 34.3 Å². The summed E-state index contributed by atoms with van der Waals surface area (Å²) in [6.07, 6.45) is 1.60. The molecule has 1 fully saturated rings. The average Bonchev–Trinajstić information content (AvgIpc) is 2.72. The maximum absolute atomic E-state index is 12.7. The van der Waals surface area contributed by atoms with Crippen LogP contribution in [-0.2, 0) is 11.3 Å². The number of amides is 1. The standard InChI is InChI=1S/C23H28N4O2/c1-16-6-4-7-17(14-16)15-24-22-23(10-12-29-13-11-23)26-20-18(21(28)27(2)3)8-5-9-19(20)25-22/h4-9,14,26H,10-13,15H2,1-3H3,(H,24,25). The summed E-state index contributed by atoms with van der Waals surface area (Å²) in [5, 5.41) is 7.23. The molecule has 29 heavy (non-hydrogen) atoms. The van der Waals surface area contributed by atoms with Crippen molar-refractivity contribution in [2.45, 2.75) is 31.8 Å². The molecule has 152 valence electrons. The zero-order valence-corrected chi connectivity index (χ0v) is 17.3. The molecule has 4 rings (SSSR count). The first-order chi connectivity index (χ1) is 14.0. The number of anilines is 2. The van der Waals surface area contributed by atoms with Crippen molar-refractivity contribution in [1.29, 1.82) is 0 Å². The first-order valence-electron chi connectivity index (χ1n) is 10.1.